The van der Waals surface area contributed by atoms with Crippen molar-refractivity contribution in [1.82, 2.24) is 0 Å². The first-order chi connectivity index (χ1) is 7.22. The summed E-state index contributed by atoms with van der Waals surface area (Å²) in [6.45, 7) is 4.27. The molecule has 5 fully saturated rings. The summed E-state index contributed by atoms with van der Waals surface area (Å²) in [5.74, 6) is 1.09. The van der Waals surface area contributed by atoms with Crippen molar-refractivity contribution >= 4 is 0 Å². The minimum atomic E-state index is 0.647. The van der Waals surface area contributed by atoms with Crippen LogP contribution in [0.5, 0.6) is 0 Å². The molecule has 5 aliphatic rings. The van der Waals surface area contributed by atoms with Crippen LogP contribution in [0.3, 0.4) is 0 Å². The molecule has 0 aromatic rings. The van der Waals surface area contributed by atoms with E-state index in [0.29, 0.717) is 5.41 Å². The van der Waals surface area contributed by atoms with E-state index in [4.69, 9.17) is 4.74 Å². The van der Waals surface area contributed by atoms with Gasteiger partial charge in [-0.25, -0.2) is 0 Å². The summed E-state index contributed by atoms with van der Waals surface area (Å²) < 4.78 is 5.87. The van der Waals surface area contributed by atoms with Gasteiger partial charge in [0.1, 0.15) is 0 Å². The molecule has 5 aliphatic carbocycles. The summed E-state index contributed by atoms with van der Waals surface area (Å²) in [5, 5.41) is 0. The van der Waals surface area contributed by atoms with Crippen LogP contribution in [0.15, 0.2) is 0 Å². The Balaban J connectivity index is 1.52. The van der Waals surface area contributed by atoms with Gasteiger partial charge in [0.15, 0.2) is 0 Å². The zero-order valence-electron chi connectivity index (χ0n) is 9.85. The molecule has 0 amide bonds. The zero-order valence-corrected chi connectivity index (χ0v) is 9.85. The standard InChI is InChI=1S/C14H22O/c1-2-3-15-10-12-4-11-5-13(7-12)9-14(13,6-11)8-12/h11H,2-10H2,1H3. The van der Waals surface area contributed by atoms with Gasteiger partial charge in [0.25, 0.3) is 0 Å². The molecule has 15 heavy (non-hydrogen) atoms. The fourth-order valence-electron chi connectivity index (χ4n) is 6.00. The first-order valence-electron chi connectivity index (χ1n) is 6.79. The van der Waals surface area contributed by atoms with Crippen LogP contribution in [0.2, 0.25) is 0 Å². The lowest BCUT2D eigenvalue weighted by Crippen LogP contribution is -2.36. The normalized spacial score (nSPS) is 58.6. The molecule has 1 nitrogen and oxygen atoms in total. The van der Waals surface area contributed by atoms with Crippen molar-refractivity contribution in [2.45, 2.75) is 51.9 Å². The van der Waals surface area contributed by atoms with E-state index in [9.17, 15) is 0 Å². The van der Waals surface area contributed by atoms with Crippen LogP contribution in [0, 0.1) is 22.2 Å². The maximum absolute atomic E-state index is 5.87. The highest BCUT2D eigenvalue weighted by Crippen LogP contribution is 2.90. The molecule has 0 aromatic carbocycles. The largest absolute Gasteiger partial charge is 0.381 e. The molecular weight excluding hydrogens is 184 g/mol. The molecule has 84 valence electrons. The molecule has 0 heterocycles. The summed E-state index contributed by atoms with van der Waals surface area (Å²) in [6.07, 6.45) is 10.5. The Bertz CT molecular complexity index is 290. The Hall–Kier alpha value is -0.0400. The Morgan fingerprint density at radius 1 is 1.07 bits per heavy atom. The average Bonchev–Trinajstić information content (AvgIpc) is 2.53. The van der Waals surface area contributed by atoms with Crippen LogP contribution in [-0.2, 0) is 4.74 Å². The van der Waals surface area contributed by atoms with Gasteiger partial charge in [-0.1, -0.05) is 6.92 Å². The SMILES string of the molecule is CCCOCC12CC3CC4(C1)CC4(C3)C2. The Kier molecular flexibility index (Phi) is 1.47. The summed E-state index contributed by atoms with van der Waals surface area (Å²) in [7, 11) is 0. The van der Waals surface area contributed by atoms with Crippen molar-refractivity contribution in [3.05, 3.63) is 0 Å². The van der Waals surface area contributed by atoms with Gasteiger partial charge in [-0.05, 0) is 67.1 Å². The third-order valence-electron chi connectivity index (χ3n) is 5.94. The van der Waals surface area contributed by atoms with Gasteiger partial charge in [0.05, 0.1) is 6.61 Å². The molecule has 0 N–H and O–H groups in total. The highest BCUT2D eigenvalue weighted by atomic mass is 16.5. The van der Waals surface area contributed by atoms with Gasteiger partial charge in [0, 0.05) is 6.61 Å². The maximum atomic E-state index is 5.87. The van der Waals surface area contributed by atoms with Crippen molar-refractivity contribution in [2.24, 2.45) is 22.2 Å². The lowest BCUT2D eigenvalue weighted by atomic mass is 9.64. The molecule has 4 bridgehead atoms. The molecule has 1 heteroatoms. The summed E-state index contributed by atoms with van der Waals surface area (Å²) >= 11 is 0. The van der Waals surface area contributed by atoms with Gasteiger partial charge in [-0.3, -0.25) is 0 Å². The minimum absolute atomic E-state index is 0.647. The van der Waals surface area contributed by atoms with Crippen molar-refractivity contribution in [1.29, 1.82) is 0 Å². The molecule has 5 saturated carbocycles. The average molecular weight is 206 g/mol. The van der Waals surface area contributed by atoms with Crippen molar-refractivity contribution in [3.63, 3.8) is 0 Å². The van der Waals surface area contributed by atoms with Crippen molar-refractivity contribution < 1.29 is 4.74 Å². The summed E-state index contributed by atoms with van der Waals surface area (Å²) in [5.41, 5.74) is 2.35. The fraction of sp³-hybridized carbons (Fsp3) is 1.00. The Morgan fingerprint density at radius 3 is 2.40 bits per heavy atom. The Morgan fingerprint density at radius 2 is 1.80 bits per heavy atom. The zero-order chi connectivity index (χ0) is 10.1. The molecule has 2 unspecified atom stereocenters. The van der Waals surface area contributed by atoms with Gasteiger partial charge >= 0.3 is 0 Å². The second-order valence-electron chi connectivity index (χ2n) is 7.12. The van der Waals surface area contributed by atoms with E-state index in [-0.39, 0.29) is 0 Å². The highest BCUT2D eigenvalue weighted by molar-refractivity contribution is 5.30. The molecule has 2 spiro atoms. The Labute approximate surface area is 92.6 Å². The lowest BCUT2D eigenvalue weighted by Gasteiger charge is -2.43. The number of hydrogen-bond acceptors (Lipinski definition) is 1. The van der Waals surface area contributed by atoms with E-state index in [2.05, 4.69) is 6.92 Å². The maximum Gasteiger partial charge on any atom is 0.0522 e. The van der Waals surface area contributed by atoms with Crippen molar-refractivity contribution in [3.8, 4) is 0 Å². The summed E-state index contributed by atoms with van der Waals surface area (Å²) in [6, 6.07) is 0. The van der Waals surface area contributed by atoms with E-state index < -0.39 is 0 Å². The van der Waals surface area contributed by atoms with Gasteiger partial charge in [0.2, 0.25) is 0 Å². The predicted molar refractivity (Wildman–Crippen MR) is 59.6 cm³/mol. The first kappa shape index (κ1) is 9.04. The minimum Gasteiger partial charge on any atom is -0.381 e. The number of ether oxygens (including phenoxy) is 1. The molecule has 2 atom stereocenters. The summed E-state index contributed by atoms with van der Waals surface area (Å²) in [4.78, 5) is 0. The quantitative estimate of drug-likeness (QED) is 0.641. The smallest absolute Gasteiger partial charge is 0.0522 e. The monoisotopic (exact) mass is 206 g/mol. The number of rotatable bonds is 4. The van der Waals surface area contributed by atoms with E-state index in [0.717, 1.165) is 30.0 Å². The van der Waals surface area contributed by atoms with Crippen LogP contribution >= 0.6 is 0 Å². The molecule has 0 aromatic heterocycles. The lowest BCUT2D eigenvalue weighted by molar-refractivity contribution is -0.0139. The van der Waals surface area contributed by atoms with E-state index in [1.807, 2.05) is 0 Å². The molecule has 0 radical (unpaired) electrons. The molecule has 0 saturated heterocycles. The van der Waals surface area contributed by atoms with E-state index >= 15 is 0 Å². The van der Waals surface area contributed by atoms with Crippen LogP contribution in [0.4, 0.5) is 0 Å². The van der Waals surface area contributed by atoms with E-state index in [1.54, 1.807) is 19.3 Å². The van der Waals surface area contributed by atoms with Crippen LogP contribution in [-0.4, -0.2) is 13.2 Å². The van der Waals surface area contributed by atoms with Crippen molar-refractivity contribution in [2.75, 3.05) is 13.2 Å². The predicted octanol–water partition coefficient (Wildman–Crippen LogP) is 3.38. The molecule has 5 rings (SSSR count). The second-order valence-corrected chi connectivity index (χ2v) is 7.12. The van der Waals surface area contributed by atoms with Crippen LogP contribution in [0.1, 0.15) is 51.9 Å². The first-order valence-corrected chi connectivity index (χ1v) is 6.79. The number of hydrogen-bond donors (Lipinski definition) is 0. The fourth-order valence-corrected chi connectivity index (χ4v) is 6.00. The van der Waals surface area contributed by atoms with Crippen LogP contribution < -0.4 is 0 Å². The molecule has 0 aliphatic heterocycles. The highest BCUT2D eigenvalue weighted by Gasteiger charge is 2.81. The van der Waals surface area contributed by atoms with Gasteiger partial charge in [-0.15, -0.1) is 0 Å². The van der Waals surface area contributed by atoms with Crippen LogP contribution in [0.25, 0.3) is 0 Å². The van der Waals surface area contributed by atoms with Gasteiger partial charge in [-0.2, -0.15) is 0 Å². The topological polar surface area (TPSA) is 9.23 Å². The van der Waals surface area contributed by atoms with Gasteiger partial charge < -0.3 is 4.74 Å². The van der Waals surface area contributed by atoms with E-state index in [1.165, 1.54) is 25.7 Å². The molecular formula is C14H22O. The third-order valence-corrected chi connectivity index (χ3v) is 5.94. The third kappa shape index (κ3) is 0.945. The second kappa shape index (κ2) is 2.45.